The number of hydrazine groups is 1. The Labute approximate surface area is 150 Å². The highest BCUT2D eigenvalue weighted by molar-refractivity contribution is 5.86. The van der Waals surface area contributed by atoms with Crippen molar-refractivity contribution >= 4 is 11.8 Å². The zero-order valence-corrected chi connectivity index (χ0v) is 16.0. The molecule has 1 aromatic carbocycles. The van der Waals surface area contributed by atoms with Crippen LogP contribution in [0.2, 0.25) is 0 Å². The number of rotatable bonds is 4. The van der Waals surface area contributed by atoms with E-state index in [2.05, 4.69) is 18.7 Å². The molecule has 1 amide bonds. The summed E-state index contributed by atoms with van der Waals surface area (Å²) in [5.74, 6) is 5.89. The van der Waals surface area contributed by atoms with E-state index in [-0.39, 0.29) is 5.41 Å². The molecule has 25 heavy (non-hydrogen) atoms. The Balaban J connectivity index is 2.03. The van der Waals surface area contributed by atoms with Gasteiger partial charge in [0.15, 0.2) is 0 Å². The number of nitrogens with zero attached hydrogens (tertiary/aromatic N) is 2. The smallest absolute Gasteiger partial charge is 0.429 e. The van der Waals surface area contributed by atoms with Gasteiger partial charge in [-0.1, -0.05) is 26.0 Å². The van der Waals surface area contributed by atoms with Gasteiger partial charge in [0.2, 0.25) is 0 Å². The standard InChI is InChI=1S/C19H31N3O3/c1-18(2,3)25-17(23)22(20)16-8-6-15(7-9-16)19(4,5)14-21-10-12-24-13-11-21/h6-9H,10-14,20H2,1-5H3. The molecule has 1 aromatic rings. The second-order valence-corrected chi connectivity index (χ2v) is 8.17. The number of hydrogen-bond donors (Lipinski definition) is 1. The zero-order chi connectivity index (χ0) is 18.7. The molecular formula is C19H31N3O3. The number of benzene rings is 1. The number of hydrogen-bond acceptors (Lipinski definition) is 5. The van der Waals surface area contributed by atoms with Gasteiger partial charge in [0.05, 0.1) is 18.9 Å². The first-order chi connectivity index (χ1) is 11.6. The molecule has 6 heteroatoms. The molecule has 0 unspecified atom stereocenters. The fourth-order valence-corrected chi connectivity index (χ4v) is 2.90. The van der Waals surface area contributed by atoms with Gasteiger partial charge >= 0.3 is 6.09 Å². The molecule has 140 valence electrons. The summed E-state index contributed by atoms with van der Waals surface area (Å²) in [6.07, 6.45) is -0.562. The predicted octanol–water partition coefficient (Wildman–Crippen LogP) is 2.91. The van der Waals surface area contributed by atoms with E-state index >= 15 is 0 Å². The summed E-state index contributed by atoms with van der Waals surface area (Å²) in [6.45, 7) is 14.4. The molecule has 1 fully saturated rings. The van der Waals surface area contributed by atoms with E-state index in [1.165, 1.54) is 5.56 Å². The van der Waals surface area contributed by atoms with Gasteiger partial charge in [-0.3, -0.25) is 4.90 Å². The molecular weight excluding hydrogens is 318 g/mol. The molecule has 0 saturated carbocycles. The summed E-state index contributed by atoms with van der Waals surface area (Å²) in [7, 11) is 0. The molecule has 6 nitrogen and oxygen atoms in total. The van der Waals surface area contributed by atoms with E-state index in [0.29, 0.717) is 5.69 Å². The average Bonchev–Trinajstić information content (AvgIpc) is 2.53. The minimum Gasteiger partial charge on any atom is -0.442 e. The SMILES string of the molecule is CC(C)(C)OC(=O)N(N)c1ccc(C(C)(C)CN2CCOCC2)cc1. The minimum atomic E-state index is -0.575. The van der Waals surface area contributed by atoms with Crippen molar-refractivity contribution in [2.75, 3.05) is 37.9 Å². The van der Waals surface area contributed by atoms with Crippen LogP contribution >= 0.6 is 0 Å². The van der Waals surface area contributed by atoms with E-state index in [1.807, 2.05) is 45.0 Å². The normalized spacial score (nSPS) is 16.6. The Morgan fingerprint density at radius 3 is 2.24 bits per heavy atom. The Morgan fingerprint density at radius 1 is 1.16 bits per heavy atom. The van der Waals surface area contributed by atoms with Crippen molar-refractivity contribution in [2.24, 2.45) is 5.84 Å². The Hall–Kier alpha value is -1.63. The summed E-state index contributed by atoms with van der Waals surface area (Å²) in [4.78, 5) is 14.5. The first-order valence-corrected chi connectivity index (χ1v) is 8.77. The summed E-state index contributed by atoms with van der Waals surface area (Å²) in [5, 5.41) is 1.05. The molecule has 1 aliphatic heterocycles. The second kappa shape index (κ2) is 7.72. The largest absolute Gasteiger partial charge is 0.442 e. The van der Waals surface area contributed by atoms with Crippen LogP contribution in [0, 0.1) is 0 Å². The zero-order valence-electron chi connectivity index (χ0n) is 16.0. The number of carbonyl (C=O) groups excluding carboxylic acids is 1. The third kappa shape index (κ3) is 5.70. The van der Waals surface area contributed by atoms with Crippen molar-refractivity contribution in [1.29, 1.82) is 0 Å². The molecule has 2 N–H and O–H groups in total. The number of amides is 1. The maximum Gasteiger partial charge on any atom is 0.429 e. The van der Waals surface area contributed by atoms with Crippen LogP contribution in [0.1, 0.15) is 40.2 Å². The summed E-state index contributed by atoms with van der Waals surface area (Å²) < 4.78 is 10.7. The van der Waals surface area contributed by atoms with Crippen LogP contribution in [0.3, 0.4) is 0 Å². The van der Waals surface area contributed by atoms with Crippen LogP contribution < -0.4 is 10.9 Å². The Morgan fingerprint density at radius 2 is 1.72 bits per heavy atom. The maximum atomic E-state index is 12.1. The lowest BCUT2D eigenvalue weighted by molar-refractivity contribution is 0.0295. The van der Waals surface area contributed by atoms with Crippen molar-refractivity contribution in [2.45, 2.75) is 45.6 Å². The molecule has 0 atom stereocenters. The molecule has 0 radical (unpaired) electrons. The molecule has 2 rings (SSSR count). The van der Waals surface area contributed by atoms with Gasteiger partial charge in [0, 0.05) is 25.0 Å². The lowest BCUT2D eigenvalue weighted by Gasteiger charge is -2.35. The maximum absolute atomic E-state index is 12.1. The van der Waals surface area contributed by atoms with Gasteiger partial charge in [0.25, 0.3) is 0 Å². The predicted molar refractivity (Wildman–Crippen MR) is 99.6 cm³/mol. The Kier molecular flexibility index (Phi) is 6.08. The number of nitrogens with two attached hydrogens (primary N) is 1. The molecule has 0 spiro atoms. The fraction of sp³-hybridized carbons (Fsp3) is 0.632. The summed E-state index contributed by atoms with van der Waals surface area (Å²) in [6, 6.07) is 7.78. The monoisotopic (exact) mass is 349 g/mol. The molecule has 0 bridgehead atoms. The van der Waals surface area contributed by atoms with Gasteiger partial charge < -0.3 is 9.47 Å². The van der Waals surface area contributed by atoms with Crippen LogP contribution in [0.15, 0.2) is 24.3 Å². The van der Waals surface area contributed by atoms with Gasteiger partial charge in [-0.2, -0.15) is 0 Å². The van der Waals surface area contributed by atoms with E-state index in [9.17, 15) is 4.79 Å². The second-order valence-electron chi connectivity index (χ2n) is 8.17. The van der Waals surface area contributed by atoms with Crippen LogP contribution in [0.25, 0.3) is 0 Å². The summed E-state index contributed by atoms with van der Waals surface area (Å²) >= 11 is 0. The van der Waals surface area contributed by atoms with E-state index in [4.69, 9.17) is 15.3 Å². The van der Waals surface area contributed by atoms with E-state index in [1.54, 1.807) is 0 Å². The molecule has 1 heterocycles. The topological polar surface area (TPSA) is 68.0 Å². The number of anilines is 1. The van der Waals surface area contributed by atoms with Gasteiger partial charge in [-0.15, -0.1) is 0 Å². The first-order valence-electron chi connectivity index (χ1n) is 8.77. The molecule has 0 aliphatic carbocycles. The summed E-state index contributed by atoms with van der Waals surface area (Å²) in [5.41, 5.74) is 1.25. The van der Waals surface area contributed by atoms with Crippen molar-refractivity contribution < 1.29 is 14.3 Å². The number of ether oxygens (including phenoxy) is 2. The lowest BCUT2D eigenvalue weighted by atomic mass is 9.84. The first kappa shape index (κ1) is 19.7. The van der Waals surface area contributed by atoms with Crippen LogP contribution in [-0.4, -0.2) is 49.4 Å². The van der Waals surface area contributed by atoms with Crippen LogP contribution in [-0.2, 0) is 14.9 Å². The minimum absolute atomic E-state index is 0.00121. The fourth-order valence-electron chi connectivity index (χ4n) is 2.90. The van der Waals surface area contributed by atoms with E-state index in [0.717, 1.165) is 37.9 Å². The quantitative estimate of drug-likeness (QED) is 0.514. The van der Waals surface area contributed by atoms with Crippen LogP contribution in [0.5, 0.6) is 0 Å². The van der Waals surface area contributed by atoms with Crippen LogP contribution in [0.4, 0.5) is 10.5 Å². The van der Waals surface area contributed by atoms with Gasteiger partial charge in [-0.05, 0) is 38.5 Å². The molecule has 0 aromatic heterocycles. The van der Waals surface area contributed by atoms with Gasteiger partial charge in [0.1, 0.15) is 5.60 Å². The van der Waals surface area contributed by atoms with Crippen molar-refractivity contribution in [3.8, 4) is 0 Å². The van der Waals surface area contributed by atoms with Crippen molar-refractivity contribution in [1.82, 2.24) is 4.90 Å². The highest BCUT2D eigenvalue weighted by Gasteiger charge is 2.26. The number of morpholine rings is 1. The third-order valence-electron chi connectivity index (χ3n) is 4.24. The molecule has 1 saturated heterocycles. The average molecular weight is 349 g/mol. The van der Waals surface area contributed by atoms with Gasteiger partial charge in [-0.25, -0.2) is 15.6 Å². The van der Waals surface area contributed by atoms with E-state index < -0.39 is 11.7 Å². The Bertz CT molecular complexity index is 573. The highest BCUT2D eigenvalue weighted by Crippen LogP contribution is 2.27. The lowest BCUT2D eigenvalue weighted by Crippen LogP contribution is -2.43. The third-order valence-corrected chi connectivity index (χ3v) is 4.24. The molecule has 1 aliphatic rings. The highest BCUT2D eigenvalue weighted by atomic mass is 16.6. The van der Waals surface area contributed by atoms with Crippen molar-refractivity contribution in [3.63, 3.8) is 0 Å². The number of carbonyl (C=O) groups is 1. The van der Waals surface area contributed by atoms with Crippen molar-refractivity contribution in [3.05, 3.63) is 29.8 Å².